The van der Waals surface area contributed by atoms with Crippen LogP contribution in [0.15, 0.2) is 0 Å². The van der Waals surface area contributed by atoms with Crippen LogP contribution < -0.4 is 10.6 Å². The smallest absolute Gasteiger partial charge is 0.413 e. The SMILES string of the molecule is CCCCC1(OC(N)=O)SCC(=O)N1c1nnc(C(F)(F)F)s1. The minimum atomic E-state index is -4.66. The number of halogens is 3. The third-order valence-electron chi connectivity index (χ3n) is 2.97. The molecule has 2 heterocycles. The zero-order valence-corrected chi connectivity index (χ0v) is 13.6. The van der Waals surface area contributed by atoms with Crippen LogP contribution in [0.3, 0.4) is 0 Å². The summed E-state index contributed by atoms with van der Waals surface area (Å²) in [5.74, 6) is -0.574. The summed E-state index contributed by atoms with van der Waals surface area (Å²) in [4.78, 5) is 24.3. The van der Waals surface area contributed by atoms with Gasteiger partial charge in [0.1, 0.15) is 0 Å². The molecule has 12 heteroatoms. The largest absolute Gasteiger partial charge is 0.445 e. The van der Waals surface area contributed by atoms with Crippen molar-refractivity contribution in [1.29, 1.82) is 0 Å². The molecule has 0 spiro atoms. The zero-order chi connectivity index (χ0) is 17.3. The summed E-state index contributed by atoms with van der Waals surface area (Å²) >= 11 is 1.21. The van der Waals surface area contributed by atoms with Gasteiger partial charge in [0, 0.05) is 6.42 Å². The van der Waals surface area contributed by atoms with Gasteiger partial charge in [0.2, 0.25) is 21.1 Å². The first kappa shape index (κ1) is 17.8. The maximum absolute atomic E-state index is 12.7. The van der Waals surface area contributed by atoms with Crippen molar-refractivity contribution >= 4 is 40.2 Å². The van der Waals surface area contributed by atoms with Gasteiger partial charge in [-0.25, -0.2) is 9.69 Å². The predicted octanol–water partition coefficient (Wildman–Crippen LogP) is 2.58. The number of carbonyl (C=O) groups is 2. The van der Waals surface area contributed by atoms with Crippen LogP contribution in [-0.2, 0) is 15.7 Å². The monoisotopic (exact) mass is 370 g/mol. The van der Waals surface area contributed by atoms with Crippen molar-refractivity contribution in [2.45, 2.75) is 37.4 Å². The van der Waals surface area contributed by atoms with Gasteiger partial charge in [0.25, 0.3) is 0 Å². The van der Waals surface area contributed by atoms with E-state index < -0.39 is 28.2 Å². The van der Waals surface area contributed by atoms with Crippen LogP contribution in [-0.4, -0.2) is 33.0 Å². The van der Waals surface area contributed by atoms with Gasteiger partial charge in [0.15, 0.2) is 0 Å². The molecule has 2 N–H and O–H groups in total. The number of primary amides is 1. The van der Waals surface area contributed by atoms with E-state index in [1.165, 1.54) is 0 Å². The molecule has 7 nitrogen and oxygen atoms in total. The van der Waals surface area contributed by atoms with Gasteiger partial charge in [-0.3, -0.25) is 4.79 Å². The van der Waals surface area contributed by atoms with E-state index in [1.54, 1.807) is 0 Å². The number of amides is 2. The topological polar surface area (TPSA) is 98.4 Å². The highest BCUT2D eigenvalue weighted by atomic mass is 32.2. The first-order chi connectivity index (χ1) is 10.7. The van der Waals surface area contributed by atoms with Crippen molar-refractivity contribution in [1.82, 2.24) is 10.2 Å². The van der Waals surface area contributed by atoms with Crippen molar-refractivity contribution in [2.24, 2.45) is 5.73 Å². The lowest BCUT2D eigenvalue weighted by Gasteiger charge is -2.34. The lowest BCUT2D eigenvalue weighted by Crippen LogP contribution is -2.49. The van der Waals surface area contributed by atoms with Crippen LogP contribution in [0.5, 0.6) is 0 Å². The van der Waals surface area contributed by atoms with Crippen molar-refractivity contribution in [3.05, 3.63) is 5.01 Å². The highest BCUT2D eigenvalue weighted by Crippen LogP contribution is 2.46. The minimum absolute atomic E-state index is 0.0576. The average Bonchev–Trinajstić information content (AvgIpc) is 3.01. The number of ether oxygens (including phenoxy) is 1. The summed E-state index contributed by atoms with van der Waals surface area (Å²) in [6.07, 6.45) is -4.24. The van der Waals surface area contributed by atoms with Gasteiger partial charge < -0.3 is 10.5 Å². The van der Waals surface area contributed by atoms with Crippen LogP contribution in [0.4, 0.5) is 23.1 Å². The van der Waals surface area contributed by atoms with E-state index in [1.807, 2.05) is 6.92 Å². The summed E-state index contributed by atoms with van der Waals surface area (Å²) in [6.45, 7) is 1.89. The fourth-order valence-electron chi connectivity index (χ4n) is 2.03. The second kappa shape index (κ2) is 6.51. The summed E-state index contributed by atoms with van der Waals surface area (Å²) in [5.41, 5.74) is 5.06. The highest BCUT2D eigenvalue weighted by molar-refractivity contribution is 8.01. The molecule has 1 unspecified atom stereocenters. The van der Waals surface area contributed by atoms with Crippen LogP contribution >= 0.6 is 23.1 Å². The molecule has 128 valence electrons. The number of anilines is 1. The first-order valence-electron chi connectivity index (χ1n) is 6.56. The van der Waals surface area contributed by atoms with E-state index in [2.05, 4.69) is 10.2 Å². The summed E-state index contributed by atoms with van der Waals surface area (Å²) < 4.78 is 43.2. The van der Waals surface area contributed by atoms with Gasteiger partial charge in [-0.1, -0.05) is 36.4 Å². The fraction of sp³-hybridized carbons (Fsp3) is 0.636. The Bertz CT molecular complexity index is 610. The molecule has 1 aromatic rings. The zero-order valence-electron chi connectivity index (χ0n) is 11.9. The van der Waals surface area contributed by atoms with Gasteiger partial charge in [-0.15, -0.1) is 10.2 Å². The van der Waals surface area contributed by atoms with E-state index >= 15 is 0 Å². The first-order valence-corrected chi connectivity index (χ1v) is 8.36. The fourth-order valence-corrected chi connectivity index (χ4v) is 4.11. The number of carbonyl (C=O) groups excluding carboxylic acids is 2. The van der Waals surface area contributed by atoms with Crippen molar-refractivity contribution in [3.63, 3.8) is 0 Å². The van der Waals surface area contributed by atoms with E-state index in [9.17, 15) is 22.8 Å². The molecule has 1 aliphatic rings. The number of alkyl halides is 3. The summed E-state index contributed by atoms with van der Waals surface area (Å²) in [7, 11) is 0. The molecular formula is C11H13F3N4O3S2. The molecule has 1 saturated heterocycles. The Labute approximate surface area is 137 Å². The second-order valence-corrected chi connectivity index (χ2v) is 6.81. The van der Waals surface area contributed by atoms with E-state index in [0.29, 0.717) is 6.42 Å². The molecule has 0 aromatic carbocycles. The Morgan fingerprint density at radius 2 is 2.17 bits per heavy atom. The molecule has 0 bridgehead atoms. The molecule has 0 radical (unpaired) electrons. The van der Waals surface area contributed by atoms with Gasteiger partial charge in [-0.2, -0.15) is 13.2 Å². The molecule has 1 fully saturated rings. The number of hydrogen-bond acceptors (Lipinski definition) is 7. The maximum Gasteiger partial charge on any atom is 0.445 e. The Morgan fingerprint density at radius 1 is 1.48 bits per heavy atom. The Morgan fingerprint density at radius 3 is 2.70 bits per heavy atom. The molecule has 1 atom stereocenters. The molecule has 1 aliphatic heterocycles. The lowest BCUT2D eigenvalue weighted by molar-refractivity contribution is -0.138. The van der Waals surface area contributed by atoms with Crippen molar-refractivity contribution in [2.75, 3.05) is 10.7 Å². The normalized spacial score (nSPS) is 21.7. The van der Waals surface area contributed by atoms with Crippen LogP contribution in [0.25, 0.3) is 0 Å². The molecule has 2 amide bonds. The number of hydrogen-bond donors (Lipinski definition) is 1. The summed E-state index contributed by atoms with van der Waals surface area (Å²) in [6, 6.07) is 0. The van der Waals surface area contributed by atoms with Gasteiger partial charge in [0.05, 0.1) is 5.75 Å². The molecule has 0 saturated carbocycles. The third kappa shape index (κ3) is 3.68. The molecular weight excluding hydrogens is 357 g/mol. The summed E-state index contributed by atoms with van der Waals surface area (Å²) in [5, 5.41) is 3.56. The number of thioether (sulfide) groups is 1. The van der Waals surface area contributed by atoms with Crippen LogP contribution in [0.1, 0.15) is 31.2 Å². The quantitative estimate of drug-likeness (QED) is 0.855. The van der Waals surface area contributed by atoms with E-state index in [4.69, 9.17) is 10.5 Å². The molecule has 1 aromatic heterocycles. The Kier molecular flexibility index (Phi) is 5.04. The highest BCUT2D eigenvalue weighted by Gasteiger charge is 2.52. The van der Waals surface area contributed by atoms with E-state index in [0.717, 1.165) is 23.1 Å². The number of nitrogens with zero attached hydrogens (tertiary/aromatic N) is 3. The molecule has 2 rings (SSSR count). The van der Waals surface area contributed by atoms with Crippen LogP contribution in [0.2, 0.25) is 0 Å². The standard InChI is InChI=1S/C11H13F3N4O3S2/c1-2-3-4-10(21-8(15)20)18(6(19)5-22-10)9-17-16-7(23-9)11(12,13)14/h2-5H2,1H3,(H2,15,20). The molecule has 0 aliphatic carbocycles. The number of aromatic nitrogens is 2. The third-order valence-corrected chi connectivity index (χ3v) is 5.23. The maximum atomic E-state index is 12.7. The van der Waals surface area contributed by atoms with Crippen LogP contribution in [0, 0.1) is 0 Å². The Balaban J connectivity index is 2.40. The van der Waals surface area contributed by atoms with Gasteiger partial charge >= 0.3 is 12.3 Å². The minimum Gasteiger partial charge on any atom is -0.413 e. The number of rotatable bonds is 5. The van der Waals surface area contributed by atoms with Crippen molar-refractivity contribution < 1.29 is 27.5 Å². The van der Waals surface area contributed by atoms with Gasteiger partial charge in [-0.05, 0) is 6.42 Å². The molecule has 23 heavy (non-hydrogen) atoms. The van der Waals surface area contributed by atoms with E-state index in [-0.39, 0.29) is 28.6 Å². The van der Waals surface area contributed by atoms with Crippen molar-refractivity contribution in [3.8, 4) is 0 Å². The number of nitrogens with two attached hydrogens (primary N) is 1. The number of unbranched alkanes of at least 4 members (excludes halogenated alkanes) is 1. The average molecular weight is 370 g/mol. The predicted molar refractivity (Wildman–Crippen MR) is 77.8 cm³/mol. The Hall–Kier alpha value is -1.56. The second-order valence-electron chi connectivity index (χ2n) is 4.64. The lowest BCUT2D eigenvalue weighted by atomic mass is 10.2.